The molecule has 1 N–H and O–H groups in total. The summed E-state index contributed by atoms with van der Waals surface area (Å²) in [5, 5.41) is 10.7. The van der Waals surface area contributed by atoms with Crippen LogP contribution in [0, 0.1) is 27.7 Å². The number of nitrogens with zero attached hydrogens (tertiary/aromatic N) is 4. The Bertz CT molecular complexity index is 3070. The number of carbonyl (C=O) groups excluding carboxylic acids is 2. The first kappa shape index (κ1) is 41.0. The maximum Gasteiger partial charge on any atom is 0.364 e. The van der Waals surface area contributed by atoms with Crippen LogP contribution in [-0.4, -0.2) is 61.6 Å². The van der Waals surface area contributed by atoms with Gasteiger partial charge < -0.3 is 29.3 Å². The number of aryl methyl sites for hydroxylation is 4. The fraction of sp³-hybridized carbons (Fsp3) is 0.136. The molecular formula is C44H34N4O10S2. The van der Waals surface area contributed by atoms with Gasteiger partial charge in [0.25, 0.3) is 11.6 Å². The number of allylic oxidation sites excluding steroid dienone is 2. The predicted molar refractivity (Wildman–Crippen MR) is 221 cm³/mol. The minimum Gasteiger partial charge on any atom is -0.507 e. The van der Waals surface area contributed by atoms with Crippen molar-refractivity contribution in [2.45, 2.75) is 38.5 Å². The predicted octanol–water partition coefficient (Wildman–Crippen LogP) is 7.08. The van der Waals surface area contributed by atoms with Crippen molar-refractivity contribution >= 4 is 54.2 Å². The zero-order valence-corrected chi connectivity index (χ0v) is 34.3. The lowest BCUT2D eigenvalue weighted by Gasteiger charge is -2.24. The van der Waals surface area contributed by atoms with Gasteiger partial charge in [-0.05, 0) is 90.9 Å². The fourth-order valence-corrected chi connectivity index (χ4v) is 9.87. The molecule has 5 aromatic carbocycles. The van der Waals surface area contributed by atoms with Crippen molar-refractivity contribution < 1.29 is 54.2 Å². The van der Waals surface area contributed by atoms with Crippen LogP contribution in [0.3, 0.4) is 0 Å². The maximum atomic E-state index is 13.8. The molecule has 0 spiro atoms. The molecule has 0 radical (unpaired) electrons. The Labute approximate surface area is 345 Å². The zero-order chi connectivity index (χ0) is 43.3. The van der Waals surface area contributed by atoms with Gasteiger partial charge in [-0.1, -0.05) is 66.7 Å². The standard InChI is InChI=1S/C44H34N4O10S2/c1-23-17-28(18-24(2)41(23)49)40(27-13-16-36(37(21-27)56-5)57-60(54,55)39-22-35(48-46)43(51)32-10-7-6-9-30(32)39)29-19-25(3)44(26(4)20-29)58-59(52,53)38-12-8-11-33-31(38)14-15-34(47-45)42(33)50/h6-22,40,49H,1-5H3. The van der Waals surface area contributed by atoms with E-state index in [1.54, 1.807) is 64.1 Å². The Kier molecular flexibility index (Phi) is 10.6. The maximum absolute atomic E-state index is 13.8. The summed E-state index contributed by atoms with van der Waals surface area (Å²) in [4.78, 5) is 30.9. The summed E-state index contributed by atoms with van der Waals surface area (Å²) in [5.74, 6) is -1.91. The summed E-state index contributed by atoms with van der Waals surface area (Å²) in [6.45, 7) is 6.87. The van der Waals surface area contributed by atoms with Gasteiger partial charge in [-0.3, -0.25) is 9.59 Å². The lowest BCUT2D eigenvalue weighted by atomic mass is 9.82. The van der Waals surface area contributed by atoms with Gasteiger partial charge in [-0.2, -0.15) is 26.4 Å². The first-order valence-electron chi connectivity index (χ1n) is 18.1. The molecule has 16 heteroatoms. The summed E-state index contributed by atoms with van der Waals surface area (Å²) in [6, 6.07) is 21.9. The third-order valence-electron chi connectivity index (χ3n) is 10.2. The van der Waals surface area contributed by atoms with E-state index in [1.807, 2.05) is 12.1 Å². The van der Waals surface area contributed by atoms with E-state index < -0.39 is 48.3 Å². The lowest BCUT2D eigenvalue weighted by Crippen LogP contribution is -2.24. The molecule has 2 aliphatic rings. The van der Waals surface area contributed by atoms with Crippen molar-refractivity contribution in [3.05, 3.63) is 169 Å². The van der Waals surface area contributed by atoms with E-state index in [4.69, 9.17) is 13.1 Å². The fourth-order valence-electron chi connectivity index (χ4n) is 7.43. The van der Waals surface area contributed by atoms with E-state index in [2.05, 4.69) is 9.58 Å². The van der Waals surface area contributed by atoms with Crippen LogP contribution in [0.1, 0.15) is 76.7 Å². The molecule has 0 bridgehead atoms. The smallest absolute Gasteiger partial charge is 0.364 e. The lowest BCUT2D eigenvalue weighted by molar-refractivity contribution is -0.00459. The molecule has 0 amide bonds. The number of ketones is 2. The molecule has 0 fully saturated rings. The zero-order valence-electron chi connectivity index (χ0n) is 32.6. The number of fused-ring (bicyclic) bond motifs is 2. The number of phenolic OH excluding ortho intramolecular Hbond substituents is 1. The van der Waals surface area contributed by atoms with Crippen molar-refractivity contribution in [2.24, 2.45) is 0 Å². The summed E-state index contributed by atoms with van der Waals surface area (Å²) >= 11 is 0. The Hall–Kier alpha value is -7.22. The third kappa shape index (κ3) is 7.25. The molecule has 5 aromatic rings. The largest absolute Gasteiger partial charge is 0.507 e. The Morgan fingerprint density at radius 3 is 1.82 bits per heavy atom. The van der Waals surface area contributed by atoms with Crippen LogP contribution in [-0.2, 0) is 20.2 Å². The SMILES string of the molecule is COc1cc(C(c2cc(C)c(O)c(C)c2)c2cc(C)c(OS(=O)(=O)c3cccc4c3C=CC(=[N+]=[N-])C4=O)c(C)c2)ccc1OS(=O)(=O)C1=CC(=[N+]=[N-])C(=O)c2ccccc21. The average Bonchev–Trinajstić information content (AvgIpc) is 3.22. The van der Waals surface area contributed by atoms with Crippen molar-refractivity contribution in [1.82, 2.24) is 0 Å². The molecule has 60 heavy (non-hydrogen) atoms. The number of methoxy groups -OCH3 is 1. The third-order valence-corrected chi connectivity index (χ3v) is 12.8. The first-order valence-corrected chi connectivity index (χ1v) is 20.9. The topological polar surface area (TPSA) is 223 Å². The van der Waals surface area contributed by atoms with Crippen molar-refractivity contribution in [3.63, 3.8) is 0 Å². The van der Waals surface area contributed by atoms with Crippen molar-refractivity contribution in [1.29, 1.82) is 0 Å². The quantitative estimate of drug-likeness (QED) is 0.0651. The number of benzene rings is 5. The van der Waals surface area contributed by atoms with Gasteiger partial charge >= 0.3 is 31.7 Å². The second kappa shape index (κ2) is 15.5. The Balaban J connectivity index is 1.29. The number of aromatic hydroxyl groups is 1. The Morgan fingerprint density at radius 2 is 1.20 bits per heavy atom. The van der Waals surface area contributed by atoms with Gasteiger partial charge in [0.1, 0.15) is 21.3 Å². The highest BCUT2D eigenvalue weighted by Crippen LogP contribution is 2.43. The normalized spacial score (nSPS) is 14.1. The van der Waals surface area contributed by atoms with Gasteiger partial charge in [-0.25, -0.2) is 0 Å². The minimum absolute atomic E-state index is 0.0135. The van der Waals surface area contributed by atoms with Crippen LogP contribution in [0.15, 0.2) is 102 Å². The van der Waals surface area contributed by atoms with Gasteiger partial charge in [0.15, 0.2) is 11.5 Å². The molecule has 2 aliphatic carbocycles. The summed E-state index contributed by atoms with van der Waals surface area (Å²) in [7, 11) is -7.83. The molecule has 1 atom stereocenters. The number of rotatable bonds is 10. The summed E-state index contributed by atoms with van der Waals surface area (Å²) < 4.78 is 72.4. The monoisotopic (exact) mass is 842 g/mol. The Morgan fingerprint density at radius 1 is 0.617 bits per heavy atom. The molecule has 302 valence electrons. The molecule has 0 saturated heterocycles. The van der Waals surface area contributed by atoms with Gasteiger partial charge in [0, 0.05) is 34.2 Å². The molecular weight excluding hydrogens is 809 g/mol. The van der Waals surface area contributed by atoms with Gasteiger partial charge in [0.05, 0.1) is 13.2 Å². The summed E-state index contributed by atoms with van der Waals surface area (Å²) in [6.07, 6.45) is 3.52. The number of carbonyl (C=O) groups is 2. The molecule has 0 saturated carbocycles. The number of hydrogen-bond acceptors (Lipinski definition) is 10. The molecule has 0 aliphatic heterocycles. The molecule has 7 rings (SSSR count). The van der Waals surface area contributed by atoms with Crippen molar-refractivity contribution in [2.75, 3.05) is 7.11 Å². The van der Waals surface area contributed by atoms with Crippen molar-refractivity contribution in [3.8, 4) is 23.0 Å². The van der Waals surface area contributed by atoms with Crippen LogP contribution in [0.4, 0.5) is 0 Å². The number of ether oxygens (including phenoxy) is 1. The second-order valence-corrected chi connectivity index (χ2v) is 17.2. The number of Topliss-reactive ketones (excluding diaryl/α,β-unsaturated/α-hetero) is 2. The van der Waals surface area contributed by atoms with Gasteiger partial charge in [-0.15, -0.1) is 0 Å². The van der Waals surface area contributed by atoms with Crippen LogP contribution in [0.5, 0.6) is 23.0 Å². The number of hydrogen-bond donors (Lipinski definition) is 1. The van der Waals surface area contributed by atoms with E-state index in [1.165, 1.54) is 55.7 Å². The molecule has 14 nitrogen and oxygen atoms in total. The minimum atomic E-state index is -4.65. The number of phenols is 1. The van der Waals surface area contributed by atoms with Crippen LogP contribution in [0.2, 0.25) is 0 Å². The average molecular weight is 843 g/mol. The van der Waals surface area contributed by atoms with E-state index >= 15 is 0 Å². The highest BCUT2D eigenvalue weighted by molar-refractivity contribution is 7.96. The van der Waals surface area contributed by atoms with Crippen LogP contribution < -0.4 is 13.1 Å². The molecule has 0 aromatic heterocycles. The van der Waals surface area contributed by atoms with E-state index in [9.17, 15) is 42.6 Å². The molecule has 1 unspecified atom stereocenters. The van der Waals surface area contributed by atoms with E-state index in [0.717, 1.165) is 11.6 Å². The highest BCUT2D eigenvalue weighted by Gasteiger charge is 2.37. The highest BCUT2D eigenvalue weighted by atomic mass is 32.2. The molecule has 0 heterocycles. The van der Waals surface area contributed by atoms with E-state index in [0.29, 0.717) is 33.4 Å². The second-order valence-electron chi connectivity index (χ2n) is 14.1. The first-order chi connectivity index (χ1) is 28.5. The van der Waals surface area contributed by atoms with Crippen LogP contribution >= 0.6 is 0 Å². The van der Waals surface area contributed by atoms with Gasteiger partial charge in [0.2, 0.25) is 0 Å². The van der Waals surface area contributed by atoms with Crippen LogP contribution in [0.25, 0.3) is 22.0 Å². The summed E-state index contributed by atoms with van der Waals surface area (Å²) in [5.41, 5.74) is 22.2. The van der Waals surface area contributed by atoms with E-state index in [-0.39, 0.29) is 55.9 Å².